The van der Waals surface area contributed by atoms with E-state index in [1.165, 1.54) is 4.90 Å². The Morgan fingerprint density at radius 3 is 2.22 bits per heavy atom. The molecule has 0 aromatic rings. The first-order valence-corrected chi connectivity index (χ1v) is 11.7. The summed E-state index contributed by atoms with van der Waals surface area (Å²) in [6.07, 6.45) is 5.48. The van der Waals surface area contributed by atoms with Crippen LogP contribution in [0, 0.1) is 0 Å². The van der Waals surface area contributed by atoms with Gasteiger partial charge in [-0.3, -0.25) is 9.59 Å². The molecule has 2 amide bonds. The molecule has 1 atom stereocenters. The Balaban J connectivity index is 1.30. The molecule has 10 nitrogen and oxygen atoms in total. The number of rotatable bonds is 9. The lowest BCUT2D eigenvalue weighted by Gasteiger charge is -2.24. The maximum absolute atomic E-state index is 12.6. The van der Waals surface area contributed by atoms with Gasteiger partial charge in [-0.05, 0) is 38.5 Å². The van der Waals surface area contributed by atoms with E-state index in [1.54, 1.807) is 0 Å². The van der Waals surface area contributed by atoms with Gasteiger partial charge in [-0.15, -0.1) is 0 Å². The summed E-state index contributed by atoms with van der Waals surface area (Å²) in [5, 5.41) is 0. The normalized spacial score (nSPS) is 21.4. The van der Waals surface area contributed by atoms with E-state index >= 15 is 0 Å². The van der Waals surface area contributed by atoms with Crippen LogP contribution in [0.1, 0.15) is 64.2 Å². The topological polar surface area (TPSA) is 112 Å². The van der Waals surface area contributed by atoms with Crippen LogP contribution in [-0.4, -0.2) is 85.5 Å². The van der Waals surface area contributed by atoms with Crippen molar-refractivity contribution >= 4 is 23.9 Å². The summed E-state index contributed by atoms with van der Waals surface area (Å²) in [7, 11) is 0. The van der Waals surface area contributed by atoms with Gasteiger partial charge in [0.1, 0.15) is 12.1 Å². The molecule has 1 unspecified atom stereocenters. The molecule has 10 heteroatoms. The molecule has 0 saturated carbocycles. The molecular weight excluding hydrogens is 420 g/mol. The Bertz CT molecular complexity index is 658. The van der Waals surface area contributed by atoms with E-state index in [4.69, 9.17) is 18.9 Å². The van der Waals surface area contributed by atoms with Crippen LogP contribution in [0.5, 0.6) is 0 Å². The second-order valence-corrected chi connectivity index (χ2v) is 8.45. The van der Waals surface area contributed by atoms with E-state index in [1.807, 2.05) is 4.90 Å². The maximum atomic E-state index is 12.6. The molecule has 0 spiro atoms. The molecular formula is C22H34N2O8. The molecule has 0 aromatic carbocycles. The molecule has 3 heterocycles. The highest BCUT2D eigenvalue weighted by molar-refractivity contribution is 5.85. The fourth-order valence-corrected chi connectivity index (χ4v) is 4.33. The Kier molecular flexibility index (Phi) is 9.58. The second kappa shape index (κ2) is 12.6. The smallest absolute Gasteiger partial charge is 0.431 e. The number of unbranched alkanes of at least 4 members (excludes halogenated alkanes) is 1. The summed E-state index contributed by atoms with van der Waals surface area (Å²) < 4.78 is 20.2. The largest absolute Gasteiger partial charge is 0.511 e. The van der Waals surface area contributed by atoms with Crippen molar-refractivity contribution in [3.05, 3.63) is 0 Å². The van der Waals surface area contributed by atoms with Crippen molar-refractivity contribution < 1.29 is 38.1 Å². The van der Waals surface area contributed by atoms with E-state index in [-0.39, 0.29) is 17.9 Å². The van der Waals surface area contributed by atoms with Gasteiger partial charge in [0, 0.05) is 45.3 Å². The van der Waals surface area contributed by atoms with Crippen LogP contribution in [0.15, 0.2) is 0 Å². The van der Waals surface area contributed by atoms with Crippen molar-refractivity contribution in [2.45, 2.75) is 76.4 Å². The molecule has 3 aliphatic heterocycles. The number of carbonyl (C=O) groups excluding carboxylic acids is 4. The fourth-order valence-electron chi connectivity index (χ4n) is 4.33. The minimum absolute atomic E-state index is 0.113. The van der Waals surface area contributed by atoms with Gasteiger partial charge in [0.2, 0.25) is 18.6 Å². The number of nitrogens with zero attached hydrogens (tertiary/aromatic N) is 2. The van der Waals surface area contributed by atoms with E-state index in [0.717, 1.165) is 25.9 Å². The number of ether oxygens (including phenoxy) is 4. The van der Waals surface area contributed by atoms with Gasteiger partial charge < -0.3 is 28.7 Å². The summed E-state index contributed by atoms with van der Waals surface area (Å²) in [5.41, 5.74) is 0. The van der Waals surface area contributed by atoms with Gasteiger partial charge in [-0.2, -0.15) is 0 Å². The van der Waals surface area contributed by atoms with Crippen molar-refractivity contribution in [1.29, 1.82) is 0 Å². The van der Waals surface area contributed by atoms with Crippen molar-refractivity contribution in [3.63, 3.8) is 0 Å². The summed E-state index contributed by atoms with van der Waals surface area (Å²) in [6, 6.07) is -0.663. The number of carbonyl (C=O) groups is 4. The summed E-state index contributed by atoms with van der Waals surface area (Å²) >= 11 is 0. The van der Waals surface area contributed by atoms with Gasteiger partial charge in [0.05, 0.1) is 13.2 Å². The molecule has 0 radical (unpaired) electrons. The fraction of sp³-hybridized carbons (Fsp3) is 0.818. The summed E-state index contributed by atoms with van der Waals surface area (Å²) in [6.45, 7) is 2.70. The van der Waals surface area contributed by atoms with E-state index in [9.17, 15) is 19.2 Å². The first-order chi connectivity index (χ1) is 15.5. The minimum atomic E-state index is -0.882. The molecule has 3 fully saturated rings. The number of likely N-dealkylation sites (tertiary alicyclic amines) is 2. The van der Waals surface area contributed by atoms with E-state index in [2.05, 4.69) is 0 Å². The zero-order valence-electron chi connectivity index (χ0n) is 18.6. The Hall–Kier alpha value is -2.36. The van der Waals surface area contributed by atoms with Crippen LogP contribution >= 0.6 is 0 Å². The third-order valence-electron chi connectivity index (χ3n) is 6.14. The number of hydrogen-bond donors (Lipinski definition) is 0. The van der Waals surface area contributed by atoms with Crippen molar-refractivity contribution in [1.82, 2.24) is 9.80 Å². The monoisotopic (exact) mass is 454 g/mol. The van der Waals surface area contributed by atoms with Crippen molar-refractivity contribution in [2.75, 3.05) is 39.6 Å². The van der Waals surface area contributed by atoms with E-state index in [0.29, 0.717) is 71.1 Å². The summed E-state index contributed by atoms with van der Waals surface area (Å²) in [5.74, 6) is -0.537. The number of amides is 2. The summed E-state index contributed by atoms with van der Waals surface area (Å²) in [4.78, 5) is 52.1. The highest BCUT2D eigenvalue weighted by Crippen LogP contribution is 2.21. The number of hydrogen-bond acceptors (Lipinski definition) is 8. The minimum Gasteiger partial charge on any atom is -0.431 e. The highest BCUT2D eigenvalue weighted by atomic mass is 16.8. The SMILES string of the molecule is O=C(OCOC(=O)C1CCCN1C(=O)CCCCC(=O)N1CCCC1)OC1CCOCC1. The van der Waals surface area contributed by atoms with Crippen LogP contribution in [-0.2, 0) is 33.3 Å². The van der Waals surface area contributed by atoms with Crippen LogP contribution in [0.4, 0.5) is 4.79 Å². The van der Waals surface area contributed by atoms with Crippen LogP contribution in [0.3, 0.4) is 0 Å². The highest BCUT2D eigenvalue weighted by Gasteiger charge is 2.35. The predicted molar refractivity (Wildman–Crippen MR) is 111 cm³/mol. The van der Waals surface area contributed by atoms with Gasteiger partial charge in [0.15, 0.2) is 0 Å². The average Bonchev–Trinajstić information content (AvgIpc) is 3.49. The molecule has 0 aromatic heterocycles. The molecule has 0 bridgehead atoms. The lowest BCUT2D eigenvalue weighted by atomic mass is 10.1. The predicted octanol–water partition coefficient (Wildman–Crippen LogP) is 1.99. The first kappa shape index (κ1) is 24.3. The number of esters is 1. The van der Waals surface area contributed by atoms with Crippen LogP contribution < -0.4 is 0 Å². The average molecular weight is 455 g/mol. The Morgan fingerprint density at radius 2 is 1.50 bits per heavy atom. The van der Waals surface area contributed by atoms with Gasteiger partial charge in [0.25, 0.3) is 0 Å². The van der Waals surface area contributed by atoms with Crippen molar-refractivity contribution in [2.24, 2.45) is 0 Å². The third kappa shape index (κ3) is 7.36. The molecule has 3 saturated heterocycles. The zero-order chi connectivity index (χ0) is 22.8. The Morgan fingerprint density at radius 1 is 0.812 bits per heavy atom. The van der Waals surface area contributed by atoms with Gasteiger partial charge in [-0.25, -0.2) is 9.59 Å². The standard InChI is InChI=1S/C22H34N2O8/c25-19(23-11-3-4-12-23)7-1-2-8-20(26)24-13-5-6-18(24)21(27)30-16-31-22(28)32-17-9-14-29-15-10-17/h17-18H,1-16H2. The zero-order valence-corrected chi connectivity index (χ0v) is 18.6. The molecule has 180 valence electrons. The lowest BCUT2D eigenvalue weighted by molar-refractivity contribution is -0.162. The molecule has 3 rings (SSSR count). The first-order valence-electron chi connectivity index (χ1n) is 11.7. The second-order valence-electron chi connectivity index (χ2n) is 8.45. The maximum Gasteiger partial charge on any atom is 0.511 e. The molecule has 0 N–H and O–H groups in total. The van der Waals surface area contributed by atoms with Crippen LogP contribution in [0.25, 0.3) is 0 Å². The van der Waals surface area contributed by atoms with Crippen molar-refractivity contribution in [3.8, 4) is 0 Å². The third-order valence-corrected chi connectivity index (χ3v) is 6.14. The molecule has 32 heavy (non-hydrogen) atoms. The molecule has 3 aliphatic rings. The quantitative estimate of drug-likeness (QED) is 0.295. The van der Waals surface area contributed by atoms with E-state index < -0.39 is 25.0 Å². The van der Waals surface area contributed by atoms with Gasteiger partial charge >= 0.3 is 12.1 Å². The van der Waals surface area contributed by atoms with Crippen LogP contribution in [0.2, 0.25) is 0 Å². The molecule has 0 aliphatic carbocycles. The lowest BCUT2D eigenvalue weighted by Crippen LogP contribution is -2.41. The Labute approximate surface area is 188 Å². The van der Waals surface area contributed by atoms with Gasteiger partial charge in [-0.1, -0.05) is 0 Å².